The monoisotopic (exact) mass is 418 g/mol. The minimum absolute atomic E-state index is 0.213. The maximum absolute atomic E-state index is 13.7. The topological polar surface area (TPSA) is 42.0 Å². The van der Waals surface area contributed by atoms with E-state index in [9.17, 15) is 13.6 Å². The molecule has 3 rings (SSSR count). The van der Waals surface area contributed by atoms with Crippen LogP contribution >= 0.6 is 0 Å². The molecule has 0 spiro atoms. The molecule has 0 aliphatic heterocycles. The number of pyridine rings is 1. The highest BCUT2D eigenvalue weighted by Crippen LogP contribution is 2.24. The van der Waals surface area contributed by atoms with Gasteiger partial charge in [-0.3, -0.25) is 9.78 Å². The number of allylic oxidation sites excluding steroid dienone is 2. The first-order valence-electron chi connectivity index (χ1n) is 10.2. The first-order valence-corrected chi connectivity index (χ1v) is 10.2. The molecule has 1 heterocycles. The molecule has 0 aliphatic rings. The fourth-order valence-corrected chi connectivity index (χ4v) is 3.17. The van der Waals surface area contributed by atoms with Crippen molar-refractivity contribution in [3.8, 4) is 0 Å². The van der Waals surface area contributed by atoms with E-state index in [1.54, 1.807) is 42.6 Å². The number of nitrogens with one attached hydrogen (secondary N) is 1. The number of carbonyl (C=O) groups is 1. The van der Waals surface area contributed by atoms with Crippen molar-refractivity contribution < 1.29 is 13.6 Å². The molecule has 0 saturated carbocycles. The van der Waals surface area contributed by atoms with Crippen molar-refractivity contribution in [1.82, 2.24) is 10.3 Å². The van der Waals surface area contributed by atoms with Gasteiger partial charge in [0.15, 0.2) is 0 Å². The van der Waals surface area contributed by atoms with Gasteiger partial charge in [-0.1, -0.05) is 42.5 Å². The Morgan fingerprint density at radius 1 is 0.935 bits per heavy atom. The van der Waals surface area contributed by atoms with Gasteiger partial charge in [0, 0.05) is 25.0 Å². The number of rotatable bonds is 9. The maximum atomic E-state index is 13.7. The van der Waals surface area contributed by atoms with E-state index < -0.39 is 0 Å². The van der Waals surface area contributed by atoms with Crippen molar-refractivity contribution in [2.24, 2.45) is 0 Å². The average molecular weight is 418 g/mol. The zero-order valence-corrected chi connectivity index (χ0v) is 17.1. The first-order chi connectivity index (χ1) is 15.1. The van der Waals surface area contributed by atoms with Gasteiger partial charge >= 0.3 is 0 Å². The van der Waals surface area contributed by atoms with Crippen molar-refractivity contribution in [3.63, 3.8) is 0 Å². The Labute approximate surface area is 181 Å². The molecule has 1 aromatic heterocycles. The Morgan fingerprint density at radius 2 is 1.65 bits per heavy atom. The molecule has 2 aromatic carbocycles. The lowest BCUT2D eigenvalue weighted by Crippen LogP contribution is -2.22. The summed E-state index contributed by atoms with van der Waals surface area (Å²) in [4.78, 5) is 16.2. The summed E-state index contributed by atoms with van der Waals surface area (Å²) in [6.07, 6.45) is 11.0. The Kier molecular flexibility index (Phi) is 8.23. The Bertz CT molecular complexity index is 1010. The van der Waals surface area contributed by atoms with Crippen LogP contribution in [0.15, 0.2) is 91.3 Å². The number of carbonyl (C=O) groups excluding carboxylic acids is 1. The number of hydrogen-bond acceptors (Lipinski definition) is 2. The second-order valence-electron chi connectivity index (χ2n) is 7.07. The molecule has 1 amide bonds. The Morgan fingerprint density at radius 3 is 2.26 bits per heavy atom. The molecule has 5 heteroatoms. The third-order valence-electron chi connectivity index (χ3n) is 4.70. The molecule has 158 valence electrons. The van der Waals surface area contributed by atoms with Gasteiger partial charge in [0.05, 0.1) is 0 Å². The van der Waals surface area contributed by atoms with E-state index in [-0.39, 0.29) is 17.5 Å². The largest absolute Gasteiger partial charge is 0.353 e. The lowest BCUT2D eigenvalue weighted by atomic mass is 9.97. The third-order valence-corrected chi connectivity index (χ3v) is 4.70. The molecular weight excluding hydrogens is 394 g/mol. The minimum Gasteiger partial charge on any atom is -0.353 e. The summed E-state index contributed by atoms with van der Waals surface area (Å²) >= 11 is 0. The Hall–Kier alpha value is -3.60. The van der Waals surface area contributed by atoms with Gasteiger partial charge in [0.1, 0.15) is 11.6 Å². The smallest absolute Gasteiger partial charge is 0.243 e. The number of unbranched alkanes of at least 4 members (excludes halogenated alkanes) is 1. The van der Waals surface area contributed by atoms with E-state index in [0.29, 0.717) is 23.2 Å². The number of benzene rings is 2. The van der Waals surface area contributed by atoms with Gasteiger partial charge in [-0.2, -0.15) is 0 Å². The first kappa shape index (κ1) is 22.1. The molecule has 1 N–H and O–H groups in total. The molecule has 0 fully saturated rings. The van der Waals surface area contributed by atoms with Gasteiger partial charge < -0.3 is 5.32 Å². The Balaban J connectivity index is 1.58. The van der Waals surface area contributed by atoms with Crippen LogP contribution in [0.3, 0.4) is 0 Å². The highest BCUT2D eigenvalue weighted by Gasteiger charge is 2.07. The van der Waals surface area contributed by atoms with Crippen LogP contribution in [0.1, 0.15) is 29.5 Å². The number of halogens is 2. The molecule has 3 aromatic rings. The second kappa shape index (κ2) is 11.6. The molecule has 3 nitrogen and oxygen atoms in total. The zero-order chi connectivity index (χ0) is 21.9. The highest BCUT2D eigenvalue weighted by molar-refractivity contribution is 5.89. The summed E-state index contributed by atoms with van der Waals surface area (Å²) in [5, 5.41) is 2.85. The van der Waals surface area contributed by atoms with Crippen molar-refractivity contribution in [2.45, 2.75) is 19.3 Å². The molecule has 0 bridgehead atoms. The summed E-state index contributed by atoms with van der Waals surface area (Å²) in [6.45, 7) is 0.577. The van der Waals surface area contributed by atoms with Crippen molar-refractivity contribution in [3.05, 3.63) is 120 Å². The van der Waals surface area contributed by atoms with E-state index in [1.165, 1.54) is 35.9 Å². The predicted molar refractivity (Wildman–Crippen MR) is 119 cm³/mol. The van der Waals surface area contributed by atoms with Gasteiger partial charge in [0.2, 0.25) is 5.91 Å². The normalized spacial score (nSPS) is 10.8. The number of aromatic nitrogens is 1. The van der Waals surface area contributed by atoms with E-state index in [4.69, 9.17) is 0 Å². The van der Waals surface area contributed by atoms with E-state index >= 15 is 0 Å². The molecule has 0 saturated heterocycles. The van der Waals surface area contributed by atoms with Crippen LogP contribution in [0.4, 0.5) is 8.78 Å². The molecule has 31 heavy (non-hydrogen) atoms. The van der Waals surface area contributed by atoms with Crippen LogP contribution in [0, 0.1) is 11.6 Å². The van der Waals surface area contributed by atoms with E-state index in [2.05, 4.69) is 10.3 Å². The second-order valence-corrected chi connectivity index (χ2v) is 7.07. The summed E-state index contributed by atoms with van der Waals surface area (Å²) in [7, 11) is 0. The van der Waals surface area contributed by atoms with Gasteiger partial charge in [-0.15, -0.1) is 0 Å². The fraction of sp³-hybridized carbons (Fsp3) is 0.154. The van der Waals surface area contributed by atoms with Crippen molar-refractivity contribution in [1.29, 1.82) is 0 Å². The zero-order valence-electron chi connectivity index (χ0n) is 17.1. The summed E-state index contributed by atoms with van der Waals surface area (Å²) in [5.74, 6) is -0.976. The number of hydrogen-bond donors (Lipinski definition) is 1. The summed E-state index contributed by atoms with van der Waals surface area (Å²) in [5.41, 5.74) is 3.01. The molecule has 0 unspecified atom stereocenters. The molecule has 0 atom stereocenters. The van der Waals surface area contributed by atoms with Crippen molar-refractivity contribution in [2.75, 3.05) is 6.54 Å². The van der Waals surface area contributed by atoms with Crippen LogP contribution < -0.4 is 5.32 Å². The van der Waals surface area contributed by atoms with E-state index in [0.717, 1.165) is 19.3 Å². The minimum atomic E-state index is -0.382. The quantitative estimate of drug-likeness (QED) is 0.284. The van der Waals surface area contributed by atoms with Crippen molar-refractivity contribution >= 4 is 11.5 Å². The van der Waals surface area contributed by atoms with Crippen LogP contribution in [-0.4, -0.2) is 17.4 Å². The molecule has 0 radical (unpaired) electrons. The summed E-state index contributed by atoms with van der Waals surface area (Å²) in [6, 6.07) is 16.1. The van der Waals surface area contributed by atoms with E-state index in [1.807, 2.05) is 18.3 Å². The lowest BCUT2D eigenvalue weighted by molar-refractivity contribution is -0.116. The number of amides is 1. The van der Waals surface area contributed by atoms with Crippen LogP contribution in [0.2, 0.25) is 0 Å². The number of nitrogens with zero attached hydrogens (tertiary/aromatic N) is 1. The maximum Gasteiger partial charge on any atom is 0.243 e. The third kappa shape index (κ3) is 7.30. The van der Waals surface area contributed by atoms with Gasteiger partial charge in [-0.05, 0) is 71.9 Å². The van der Waals surface area contributed by atoms with Gasteiger partial charge in [0.25, 0.3) is 0 Å². The van der Waals surface area contributed by atoms with Gasteiger partial charge in [-0.25, -0.2) is 8.78 Å². The highest BCUT2D eigenvalue weighted by atomic mass is 19.1. The predicted octanol–water partition coefficient (Wildman–Crippen LogP) is 5.49. The number of aryl methyl sites for hydroxylation is 1. The average Bonchev–Trinajstić information content (AvgIpc) is 2.77. The summed E-state index contributed by atoms with van der Waals surface area (Å²) < 4.78 is 27.4. The van der Waals surface area contributed by atoms with Crippen LogP contribution in [0.25, 0.3) is 5.57 Å². The molecule has 0 aliphatic carbocycles. The van der Waals surface area contributed by atoms with Crippen LogP contribution in [0.5, 0.6) is 0 Å². The van der Waals surface area contributed by atoms with Crippen LogP contribution in [-0.2, 0) is 11.2 Å². The fourth-order valence-electron chi connectivity index (χ4n) is 3.17. The lowest BCUT2D eigenvalue weighted by Gasteiger charge is -2.08. The SMILES string of the molecule is O=C(C=CC=C(c1cccc(F)c1)c1cccc(F)c1)NCCCCc1cccnc1. The molecular formula is C26H24F2N2O. The standard InChI is InChI=1S/C26H24F2N2O/c27-23-11-3-9-21(17-23)25(22-10-4-12-24(28)18-22)13-5-14-26(31)30-16-2-1-7-20-8-6-15-29-19-20/h3-6,8-15,17-19H,1-2,7,16H2,(H,30,31).